The minimum Gasteiger partial charge on any atom is -0.508 e. The zero-order valence-electron chi connectivity index (χ0n) is 18.5. The van der Waals surface area contributed by atoms with Crippen LogP contribution in [-0.4, -0.2) is 63.6 Å². The highest BCUT2D eigenvalue weighted by molar-refractivity contribution is 5.95. The third kappa shape index (κ3) is 4.32. The Hall–Kier alpha value is -3.91. The van der Waals surface area contributed by atoms with Crippen molar-refractivity contribution in [3.8, 4) is 16.9 Å². The number of nitrogens with one attached hydrogen (secondary N) is 1. The van der Waals surface area contributed by atoms with E-state index >= 15 is 0 Å². The lowest BCUT2D eigenvalue weighted by Gasteiger charge is -2.27. The van der Waals surface area contributed by atoms with Gasteiger partial charge < -0.3 is 20.1 Å². The number of ketones is 1. The molecule has 2 aromatic carbocycles. The van der Waals surface area contributed by atoms with Crippen molar-refractivity contribution in [1.29, 1.82) is 0 Å². The number of Topliss-reactive ketones (excluding diaryl/α,β-unsaturated/α-hetero) is 1. The van der Waals surface area contributed by atoms with E-state index in [9.17, 15) is 19.5 Å². The second kappa shape index (κ2) is 9.15. The van der Waals surface area contributed by atoms with Crippen LogP contribution in [0.4, 0.5) is 4.79 Å². The Morgan fingerprint density at radius 1 is 1.09 bits per heavy atom. The molecule has 8 heteroatoms. The molecule has 3 aromatic rings. The SMILES string of the molecule is O=C1COC2CCN(C(=O)C(Cc3cccc(O)c3)NC(=O)n3ccc(-c4ccccc4)c3)C12. The number of hydrogen-bond acceptors (Lipinski definition) is 5. The van der Waals surface area contributed by atoms with E-state index in [4.69, 9.17) is 4.74 Å². The van der Waals surface area contributed by atoms with Gasteiger partial charge >= 0.3 is 6.03 Å². The molecule has 5 rings (SSSR count). The Balaban J connectivity index is 1.38. The standard InChI is InChI=1S/C26H25N3O5/c30-20-8-4-5-17(13-20)14-21(25(32)29-12-10-23-24(29)22(31)16-34-23)27-26(33)28-11-9-19(15-28)18-6-2-1-3-7-18/h1-9,11,13,15,21,23-24,30H,10,12,14,16H2,(H,27,33). The summed E-state index contributed by atoms with van der Waals surface area (Å²) in [4.78, 5) is 40.5. The van der Waals surface area contributed by atoms with Crippen molar-refractivity contribution < 1.29 is 24.2 Å². The first-order valence-electron chi connectivity index (χ1n) is 11.3. The molecule has 0 saturated carbocycles. The minimum absolute atomic E-state index is 0.00826. The quantitative estimate of drug-likeness (QED) is 0.611. The van der Waals surface area contributed by atoms with Crippen LogP contribution in [0.25, 0.3) is 11.1 Å². The van der Waals surface area contributed by atoms with Gasteiger partial charge in [0.05, 0.1) is 6.10 Å². The van der Waals surface area contributed by atoms with Crippen molar-refractivity contribution in [2.75, 3.05) is 13.2 Å². The van der Waals surface area contributed by atoms with Crippen LogP contribution in [0.3, 0.4) is 0 Å². The molecule has 0 radical (unpaired) electrons. The van der Waals surface area contributed by atoms with Gasteiger partial charge in [0.15, 0.2) is 5.78 Å². The van der Waals surface area contributed by atoms with Gasteiger partial charge in [-0.3, -0.25) is 14.2 Å². The lowest BCUT2D eigenvalue weighted by Crippen LogP contribution is -2.53. The molecular formula is C26H25N3O5. The lowest BCUT2D eigenvalue weighted by atomic mass is 10.0. The normalized spacial score (nSPS) is 20.2. The second-order valence-electron chi connectivity index (χ2n) is 8.63. The first kappa shape index (κ1) is 21.9. The lowest BCUT2D eigenvalue weighted by molar-refractivity contribution is -0.138. The van der Waals surface area contributed by atoms with E-state index in [0.717, 1.165) is 11.1 Å². The Bertz CT molecular complexity index is 1220. The Labute approximate surface area is 196 Å². The van der Waals surface area contributed by atoms with Crippen molar-refractivity contribution >= 4 is 17.7 Å². The molecule has 0 bridgehead atoms. The fraction of sp³-hybridized carbons (Fsp3) is 0.269. The molecule has 0 spiro atoms. The number of nitrogens with zero attached hydrogens (tertiary/aromatic N) is 2. The number of benzene rings is 2. The van der Waals surface area contributed by atoms with Gasteiger partial charge in [-0.2, -0.15) is 0 Å². The van der Waals surface area contributed by atoms with E-state index in [2.05, 4.69) is 5.32 Å². The number of phenols is 1. The van der Waals surface area contributed by atoms with Gasteiger partial charge in [0, 0.05) is 25.4 Å². The molecule has 2 aliphatic heterocycles. The van der Waals surface area contributed by atoms with Gasteiger partial charge in [-0.05, 0) is 41.3 Å². The smallest absolute Gasteiger partial charge is 0.326 e. The predicted molar refractivity (Wildman–Crippen MR) is 124 cm³/mol. The topological polar surface area (TPSA) is 101 Å². The van der Waals surface area contributed by atoms with Crippen molar-refractivity contribution in [2.45, 2.75) is 31.0 Å². The van der Waals surface area contributed by atoms with E-state index in [-0.39, 0.29) is 36.6 Å². The Kier molecular flexibility index (Phi) is 5.90. The molecule has 3 heterocycles. The molecule has 8 nitrogen and oxygen atoms in total. The van der Waals surface area contributed by atoms with E-state index in [1.807, 2.05) is 36.4 Å². The van der Waals surface area contributed by atoms with Crippen LogP contribution in [0.5, 0.6) is 5.75 Å². The second-order valence-corrected chi connectivity index (χ2v) is 8.63. The highest BCUT2D eigenvalue weighted by Crippen LogP contribution is 2.28. The fourth-order valence-corrected chi connectivity index (χ4v) is 4.71. The van der Waals surface area contributed by atoms with Gasteiger partial charge in [0.2, 0.25) is 5.91 Å². The van der Waals surface area contributed by atoms with Gasteiger partial charge in [0.1, 0.15) is 24.4 Å². The molecule has 174 valence electrons. The molecule has 1 aromatic heterocycles. The van der Waals surface area contributed by atoms with Crippen LogP contribution in [0.15, 0.2) is 73.1 Å². The van der Waals surface area contributed by atoms with Gasteiger partial charge in [-0.15, -0.1) is 0 Å². The summed E-state index contributed by atoms with van der Waals surface area (Å²) in [6.07, 6.45) is 3.84. The van der Waals surface area contributed by atoms with E-state index in [1.54, 1.807) is 36.7 Å². The average molecular weight is 460 g/mol. The minimum atomic E-state index is -0.913. The number of rotatable bonds is 5. The summed E-state index contributed by atoms with van der Waals surface area (Å²) >= 11 is 0. The highest BCUT2D eigenvalue weighted by atomic mass is 16.5. The number of amides is 2. The number of fused-ring (bicyclic) bond motifs is 1. The molecule has 0 aliphatic carbocycles. The summed E-state index contributed by atoms with van der Waals surface area (Å²) in [5.41, 5.74) is 2.55. The number of ether oxygens (including phenoxy) is 1. The molecule has 3 unspecified atom stereocenters. The summed E-state index contributed by atoms with van der Waals surface area (Å²) in [7, 11) is 0. The summed E-state index contributed by atoms with van der Waals surface area (Å²) in [5.74, 6) is -0.372. The number of likely N-dealkylation sites (tertiary alicyclic amines) is 1. The predicted octanol–water partition coefficient (Wildman–Crippen LogP) is 2.60. The van der Waals surface area contributed by atoms with Crippen molar-refractivity contribution in [1.82, 2.24) is 14.8 Å². The van der Waals surface area contributed by atoms with Crippen LogP contribution in [-0.2, 0) is 20.7 Å². The molecule has 2 fully saturated rings. The maximum absolute atomic E-state index is 13.5. The van der Waals surface area contributed by atoms with Crippen LogP contribution in [0, 0.1) is 0 Å². The first-order valence-corrected chi connectivity index (χ1v) is 11.3. The monoisotopic (exact) mass is 459 g/mol. The molecule has 2 N–H and O–H groups in total. The summed E-state index contributed by atoms with van der Waals surface area (Å²) in [5, 5.41) is 12.7. The molecule has 2 amide bonds. The number of carbonyl (C=O) groups excluding carboxylic acids is 3. The molecule has 2 saturated heterocycles. The molecule has 34 heavy (non-hydrogen) atoms. The number of phenolic OH excluding ortho intramolecular Hbond substituents is 1. The summed E-state index contributed by atoms with van der Waals surface area (Å²) in [6.45, 7) is 0.405. The van der Waals surface area contributed by atoms with Crippen molar-refractivity contribution in [2.24, 2.45) is 0 Å². The zero-order chi connectivity index (χ0) is 23.7. The van der Waals surface area contributed by atoms with Crippen LogP contribution < -0.4 is 5.32 Å². The number of aromatic nitrogens is 1. The Morgan fingerprint density at radius 3 is 2.71 bits per heavy atom. The summed E-state index contributed by atoms with van der Waals surface area (Å²) < 4.78 is 6.92. The van der Waals surface area contributed by atoms with Gasteiger partial charge in [0.25, 0.3) is 0 Å². The third-order valence-electron chi connectivity index (χ3n) is 6.38. The highest BCUT2D eigenvalue weighted by Gasteiger charge is 2.48. The number of hydrogen-bond donors (Lipinski definition) is 2. The fourth-order valence-electron chi connectivity index (χ4n) is 4.71. The van der Waals surface area contributed by atoms with E-state index < -0.39 is 18.1 Å². The zero-order valence-corrected chi connectivity index (χ0v) is 18.5. The van der Waals surface area contributed by atoms with Crippen LogP contribution >= 0.6 is 0 Å². The molecule has 2 aliphatic rings. The van der Waals surface area contributed by atoms with Crippen LogP contribution in [0.1, 0.15) is 12.0 Å². The Morgan fingerprint density at radius 2 is 1.91 bits per heavy atom. The third-order valence-corrected chi connectivity index (χ3v) is 6.38. The average Bonchev–Trinajstić information content (AvgIpc) is 3.57. The van der Waals surface area contributed by atoms with Crippen molar-refractivity contribution in [3.63, 3.8) is 0 Å². The molecule has 3 atom stereocenters. The number of carbonyl (C=O) groups is 3. The first-order chi connectivity index (χ1) is 16.5. The summed E-state index contributed by atoms with van der Waals surface area (Å²) in [6, 6.07) is 16.1. The van der Waals surface area contributed by atoms with E-state index in [1.165, 1.54) is 9.47 Å². The maximum Gasteiger partial charge on any atom is 0.326 e. The molecular weight excluding hydrogens is 434 g/mol. The van der Waals surface area contributed by atoms with Gasteiger partial charge in [-0.1, -0.05) is 42.5 Å². The van der Waals surface area contributed by atoms with E-state index in [0.29, 0.717) is 18.5 Å². The largest absolute Gasteiger partial charge is 0.508 e. The number of aromatic hydroxyl groups is 1. The van der Waals surface area contributed by atoms with Crippen LogP contribution in [0.2, 0.25) is 0 Å². The maximum atomic E-state index is 13.5. The van der Waals surface area contributed by atoms with Gasteiger partial charge in [-0.25, -0.2) is 4.79 Å². The van der Waals surface area contributed by atoms with Crippen molar-refractivity contribution in [3.05, 3.63) is 78.6 Å².